The minimum absolute atomic E-state index is 0.0614. The van der Waals surface area contributed by atoms with E-state index in [0.29, 0.717) is 13.0 Å². The van der Waals surface area contributed by atoms with Gasteiger partial charge in [0, 0.05) is 28.5 Å². The van der Waals surface area contributed by atoms with Crippen molar-refractivity contribution in [3.05, 3.63) is 59.4 Å². The maximum atomic E-state index is 12.3. The molecular formula is C19H19N3O2S. The predicted octanol–water partition coefficient (Wildman–Crippen LogP) is 4.09. The highest BCUT2D eigenvalue weighted by atomic mass is 32.1. The van der Waals surface area contributed by atoms with Gasteiger partial charge in [-0.2, -0.15) is 0 Å². The van der Waals surface area contributed by atoms with Crippen molar-refractivity contribution >= 4 is 22.9 Å². The second-order valence-corrected chi connectivity index (χ2v) is 6.54. The summed E-state index contributed by atoms with van der Waals surface area (Å²) in [5.74, 6) is 0.730. The van der Waals surface area contributed by atoms with Gasteiger partial charge < -0.3 is 10.1 Å². The summed E-state index contributed by atoms with van der Waals surface area (Å²) in [6.07, 6.45) is 3.81. The summed E-state index contributed by atoms with van der Waals surface area (Å²) in [5.41, 5.74) is 2.60. The Morgan fingerprint density at radius 2 is 2.04 bits per heavy atom. The van der Waals surface area contributed by atoms with E-state index in [2.05, 4.69) is 15.3 Å². The third-order valence-corrected chi connectivity index (χ3v) is 4.78. The normalized spacial score (nSPS) is 10.5. The average molecular weight is 353 g/mol. The van der Waals surface area contributed by atoms with Crippen LogP contribution in [-0.2, 0) is 11.2 Å². The highest BCUT2D eigenvalue weighted by molar-refractivity contribution is 7.15. The molecule has 0 radical (unpaired) electrons. The lowest BCUT2D eigenvalue weighted by atomic mass is 10.2. The zero-order valence-corrected chi connectivity index (χ0v) is 15.0. The molecule has 2 heterocycles. The smallest absolute Gasteiger partial charge is 0.229 e. The van der Waals surface area contributed by atoms with Gasteiger partial charge in [-0.05, 0) is 50.2 Å². The van der Waals surface area contributed by atoms with Crippen LogP contribution in [-0.4, -0.2) is 22.5 Å². The standard InChI is InChI=1S/C19H19N3O2S/c1-3-24-16-8-6-15(7-9-16)22-18(23)11-17-13(2)21-19(25-17)14-5-4-10-20-12-14/h4-10,12H,3,11H2,1-2H3,(H,22,23). The van der Waals surface area contributed by atoms with Gasteiger partial charge in [-0.3, -0.25) is 9.78 Å². The zero-order valence-electron chi connectivity index (χ0n) is 14.2. The minimum Gasteiger partial charge on any atom is -0.494 e. The van der Waals surface area contributed by atoms with Gasteiger partial charge in [-0.25, -0.2) is 4.98 Å². The molecule has 2 aromatic heterocycles. The number of carbonyl (C=O) groups is 1. The third kappa shape index (κ3) is 4.42. The number of pyridine rings is 1. The summed E-state index contributed by atoms with van der Waals surface area (Å²) in [5, 5.41) is 3.79. The maximum Gasteiger partial charge on any atom is 0.229 e. The van der Waals surface area contributed by atoms with E-state index in [1.807, 2.05) is 50.2 Å². The van der Waals surface area contributed by atoms with Gasteiger partial charge in [0.25, 0.3) is 0 Å². The van der Waals surface area contributed by atoms with Crippen molar-refractivity contribution in [2.45, 2.75) is 20.3 Å². The van der Waals surface area contributed by atoms with Crippen molar-refractivity contribution < 1.29 is 9.53 Å². The number of anilines is 1. The zero-order chi connectivity index (χ0) is 17.6. The SMILES string of the molecule is CCOc1ccc(NC(=O)Cc2sc(-c3cccnc3)nc2C)cc1. The topological polar surface area (TPSA) is 64.1 Å². The molecule has 0 aliphatic rings. The lowest BCUT2D eigenvalue weighted by molar-refractivity contribution is -0.115. The molecule has 0 fully saturated rings. The monoisotopic (exact) mass is 353 g/mol. The Labute approximate surface area is 150 Å². The lowest BCUT2D eigenvalue weighted by Crippen LogP contribution is -2.14. The molecule has 0 unspecified atom stereocenters. The highest BCUT2D eigenvalue weighted by Crippen LogP contribution is 2.27. The minimum atomic E-state index is -0.0614. The van der Waals surface area contributed by atoms with E-state index < -0.39 is 0 Å². The first-order chi connectivity index (χ1) is 12.2. The molecule has 3 rings (SSSR count). The molecule has 128 valence electrons. The van der Waals surface area contributed by atoms with Crippen LogP contribution in [0, 0.1) is 6.92 Å². The van der Waals surface area contributed by atoms with E-state index in [9.17, 15) is 4.79 Å². The fourth-order valence-corrected chi connectivity index (χ4v) is 3.41. The van der Waals surface area contributed by atoms with Gasteiger partial charge in [0.2, 0.25) is 5.91 Å². The Kier molecular flexibility index (Phi) is 5.40. The molecule has 0 saturated carbocycles. The second kappa shape index (κ2) is 7.90. The quantitative estimate of drug-likeness (QED) is 0.725. The molecule has 0 aliphatic heterocycles. The Balaban J connectivity index is 1.66. The summed E-state index contributed by atoms with van der Waals surface area (Å²) in [6, 6.07) is 11.2. The van der Waals surface area contributed by atoms with Crippen molar-refractivity contribution in [1.29, 1.82) is 0 Å². The number of nitrogens with zero attached hydrogens (tertiary/aromatic N) is 2. The molecule has 0 bridgehead atoms. The van der Waals surface area contributed by atoms with Gasteiger partial charge in [0.05, 0.1) is 18.7 Å². The number of hydrogen-bond donors (Lipinski definition) is 1. The number of amides is 1. The number of aromatic nitrogens is 2. The van der Waals surface area contributed by atoms with E-state index in [4.69, 9.17) is 4.74 Å². The van der Waals surface area contributed by atoms with Crippen molar-refractivity contribution in [2.24, 2.45) is 0 Å². The maximum absolute atomic E-state index is 12.3. The molecule has 6 heteroatoms. The van der Waals surface area contributed by atoms with Crippen molar-refractivity contribution in [3.63, 3.8) is 0 Å². The third-order valence-electron chi connectivity index (χ3n) is 3.57. The molecule has 1 aromatic carbocycles. The number of hydrogen-bond acceptors (Lipinski definition) is 5. The first-order valence-electron chi connectivity index (χ1n) is 8.05. The first kappa shape index (κ1) is 17.1. The largest absolute Gasteiger partial charge is 0.494 e. The average Bonchev–Trinajstić information content (AvgIpc) is 2.98. The van der Waals surface area contributed by atoms with Crippen molar-refractivity contribution in [2.75, 3.05) is 11.9 Å². The van der Waals surface area contributed by atoms with Crippen LogP contribution in [0.5, 0.6) is 5.75 Å². The summed E-state index contributed by atoms with van der Waals surface area (Å²) < 4.78 is 5.40. The van der Waals surface area contributed by atoms with Crippen LogP contribution in [0.1, 0.15) is 17.5 Å². The number of aryl methyl sites for hydroxylation is 1. The highest BCUT2D eigenvalue weighted by Gasteiger charge is 2.13. The van der Waals surface area contributed by atoms with Gasteiger partial charge >= 0.3 is 0 Å². The van der Waals surface area contributed by atoms with Gasteiger partial charge in [-0.15, -0.1) is 11.3 Å². The summed E-state index contributed by atoms with van der Waals surface area (Å²) in [6.45, 7) is 4.48. The fourth-order valence-electron chi connectivity index (χ4n) is 2.36. The van der Waals surface area contributed by atoms with Crippen LogP contribution >= 0.6 is 11.3 Å². The van der Waals surface area contributed by atoms with Crippen LogP contribution in [0.25, 0.3) is 10.6 Å². The van der Waals surface area contributed by atoms with Gasteiger partial charge in [0.1, 0.15) is 10.8 Å². The van der Waals surface area contributed by atoms with Gasteiger partial charge in [0.15, 0.2) is 0 Å². The second-order valence-electron chi connectivity index (χ2n) is 5.45. The van der Waals surface area contributed by atoms with Crippen LogP contribution in [0.4, 0.5) is 5.69 Å². The number of rotatable bonds is 6. The Morgan fingerprint density at radius 1 is 1.24 bits per heavy atom. The van der Waals surface area contributed by atoms with Crippen LogP contribution in [0.3, 0.4) is 0 Å². The Bertz CT molecular complexity index is 845. The molecule has 1 N–H and O–H groups in total. The fraction of sp³-hybridized carbons (Fsp3) is 0.211. The van der Waals surface area contributed by atoms with E-state index in [0.717, 1.165) is 32.6 Å². The molecule has 0 aliphatic carbocycles. The number of carbonyl (C=O) groups excluding carboxylic acids is 1. The summed E-state index contributed by atoms with van der Waals surface area (Å²) >= 11 is 1.53. The van der Waals surface area contributed by atoms with Crippen molar-refractivity contribution in [1.82, 2.24) is 9.97 Å². The Hall–Kier alpha value is -2.73. The molecule has 0 saturated heterocycles. The molecule has 3 aromatic rings. The Morgan fingerprint density at radius 3 is 2.72 bits per heavy atom. The van der Waals surface area contributed by atoms with Crippen molar-refractivity contribution in [3.8, 4) is 16.3 Å². The number of thiazole rings is 1. The first-order valence-corrected chi connectivity index (χ1v) is 8.86. The van der Waals surface area contributed by atoms with Crippen LogP contribution in [0.15, 0.2) is 48.8 Å². The van der Waals surface area contributed by atoms with E-state index >= 15 is 0 Å². The van der Waals surface area contributed by atoms with Crippen LogP contribution < -0.4 is 10.1 Å². The molecule has 0 spiro atoms. The number of nitrogens with one attached hydrogen (secondary N) is 1. The summed E-state index contributed by atoms with van der Waals surface area (Å²) in [7, 11) is 0. The number of ether oxygens (including phenoxy) is 1. The van der Waals surface area contributed by atoms with E-state index in [1.165, 1.54) is 11.3 Å². The predicted molar refractivity (Wildman–Crippen MR) is 100 cm³/mol. The molecular weight excluding hydrogens is 334 g/mol. The van der Waals surface area contributed by atoms with E-state index in [1.54, 1.807) is 12.4 Å². The molecule has 1 amide bonds. The van der Waals surface area contributed by atoms with Gasteiger partial charge in [-0.1, -0.05) is 0 Å². The van der Waals surface area contributed by atoms with E-state index in [-0.39, 0.29) is 5.91 Å². The molecule has 5 nitrogen and oxygen atoms in total. The molecule has 25 heavy (non-hydrogen) atoms. The molecule has 0 atom stereocenters. The summed E-state index contributed by atoms with van der Waals surface area (Å²) in [4.78, 5) is 21.9. The van der Waals surface area contributed by atoms with Crippen LogP contribution in [0.2, 0.25) is 0 Å². The lowest BCUT2D eigenvalue weighted by Gasteiger charge is -2.06. The number of benzene rings is 1.